The summed E-state index contributed by atoms with van der Waals surface area (Å²) in [5.41, 5.74) is 0. The number of nitrogens with zero attached hydrogens (tertiary/aromatic N) is 2. The first-order valence-electron chi connectivity index (χ1n) is 3.04. The molecular formula is C6H3BrN2O2S. The monoisotopic (exact) mass is 246 g/mol. The van der Waals surface area contributed by atoms with Gasteiger partial charge in [0.1, 0.15) is 9.48 Å². The highest BCUT2D eigenvalue weighted by Gasteiger charge is 2.10. The molecule has 6 heteroatoms. The number of aromatic nitrogens is 2. The van der Waals surface area contributed by atoms with Gasteiger partial charge >= 0.3 is 5.97 Å². The largest absolute Gasteiger partial charge is 0.477 e. The van der Waals surface area contributed by atoms with Crippen LogP contribution in [-0.4, -0.2) is 20.5 Å². The van der Waals surface area contributed by atoms with Crippen molar-refractivity contribution in [1.82, 2.24) is 9.38 Å². The second-order valence-electron chi connectivity index (χ2n) is 2.13. The van der Waals surface area contributed by atoms with E-state index in [1.807, 2.05) is 0 Å². The van der Waals surface area contributed by atoms with Crippen molar-refractivity contribution < 1.29 is 9.90 Å². The number of carboxylic acid groups (broad SMARTS) is 1. The molecule has 0 bridgehead atoms. The molecule has 12 heavy (non-hydrogen) atoms. The van der Waals surface area contributed by atoms with Crippen LogP contribution in [-0.2, 0) is 0 Å². The van der Waals surface area contributed by atoms with Crippen molar-refractivity contribution in [3.63, 3.8) is 0 Å². The lowest BCUT2D eigenvalue weighted by molar-refractivity contribution is 0.0702. The molecule has 0 aromatic carbocycles. The third kappa shape index (κ3) is 1.03. The summed E-state index contributed by atoms with van der Waals surface area (Å²) in [5, 5.41) is 8.65. The Morgan fingerprint density at radius 1 is 1.75 bits per heavy atom. The second-order valence-corrected chi connectivity index (χ2v) is 3.96. The van der Waals surface area contributed by atoms with E-state index in [0.717, 1.165) is 15.9 Å². The number of rotatable bonds is 1. The van der Waals surface area contributed by atoms with Crippen molar-refractivity contribution in [2.45, 2.75) is 0 Å². The Kier molecular flexibility index (Phi) is 1.66. The zero-order valence-corrected chi connectivity index (χ0v) is 8.09. The summed E-state index contributed by atoms with van der Waals surface area (Å²) in [6.45, 7) is 0. The first-order valence-corrected chi connectivity index (χ1v) is 4.65. The van der Waals surface area contributed by atoms with Crippen LogP contribution in [0.4, 0.5) is 0 Å². The van der Waals surface area contributed by atoms with Gasteiger partial charge in [-0.15, -0.1) is 0 Å². The van der Waals surface area contributed by atoms with Crippen LogP contribution in [0.3, 0.4) is 0 Å². The summed E-state index contributed by atoms with van der Waals surface area (Å²) in [4.78, 5) is 15.5. The summed E-state index contributed by atoms with van der Waals surface area (Å²) >= 11 is 4.39. The fourth-order valence-corrected chi connectivity index (χ4v) is 2.14. The number of carbonyl (C=O) groups is 1. The number of carboxylic acids is 1. The first-order chi connectivity index (χ1) is 5.68. The summed E-state index contributed by atoms with van der Waals surface area (Å²) in [5.74, 6) is -0.919. The third-order valence-corrected chi connectivity index (χ3v) is 2.95. The number of fused-ring (bicyclic) bond motifs is 1. The Hall–Kier alpha value is -0.880. The SMILES string of the molecule is O=C(O)c1cn2c(Br)cnc2s1. The molecule has 0 unspecified atom stereocenters. The fraction of sp³-hybridized carbons (Fsp3) is 0. The van der Waals surface area contributed by atoms with E-state index in [4.69, 9.17) is 5.11 Å². The molecule has 62 valence electrons. The molecule has 0 saturated heterocycles. The minimum absolute atomic E-state index is 0.291. The Bertz CT molecular complexity index is 447. The predicted molar refractivity (Wildman–Crippen MR) is 47.7 cm³/mol. The third-order valence-electron chi connectivity index (χ3n) is 1.38. The molecule has 1 N–H and O–H groups in total. The Morgan fingerprint density at radius 3 is 3.08 bits per heavy atom. The van der Waals surface area contributed by atoms with Crippen molar-refractivity contribution >= 4 is 38.2 Å². The van der Waals surface area contributed by atoms with E-state index >= 15 is 0 Å². The van der Waals surface area contributed by atoms with Gasteiger partial charge < -0.3 is 5.11 Å². The van der Waals surface area contributed by atoms with Crippen LogP contribution in [0, 0.1) is 0 Å². The molecule has 0 radical (unpaired) electrons. The minimum Gasteiger partial charge on any atom is -0.477 e. The molecule has 0 aliphatic carbocycles. The molecule has 0 spiro atoms. The van der Waals surface area contributed by atoms with Crippen LogP contribution in [0.1, 0.15) is 9.67 Å². The quantitative estimate of drug-likeness (QED) is 0.836. The maximum absolute atomic E-state index is 10.5. The average molecular weight is 247 g/mol. The minimum atomic E-state index is -0.919. The average Bonchev–Trinajstić information content (AvgIpc) is 2.53. The van der Waals surface area contributed by atoms with Gasteiger partial charge in [0.05, 0.1) is 6.20 Å². The summed E-state index contributed by atoms with van der Waals surface area (Å²) in [7, 11) is 0. The van der Waals surface area contributed by atoms with Crippen molar-refractivity contribution in [2.75, 3.05) is 0 Å². The highest BCUT2D eigenvalue weighted by Crippen LogP contribution is 2.21. The molecule has 0 atom stereocenters. The van der Waals surface area contributed by atoms with E-state index in [0.29, 0.717) is 9.84 Å². The smallest absolute Gasteiger partial charge is 0.347 e. The van der Waals surface area contributed by atoms with E-state index < -0.39 is 5.97 Å². The standard InChI is InChI=1S/C6H3BrN2O2S/c7-4-1-8-6-9(4)2-3(12-6)5(10)11/h1-2H,(H,10,11). The lowest BCUT2D eigenvalue weighted by Crippen LogP contribution is -1.90. The summed E-state index contributed by atoms with van der Waals surface area (Å²) in [6.07, 6.45) is 3.18. The molecule has 2 rings (SSSR count). The van der Waals surface area contributed by atoms with E-state index in [2.05, 4.69) is 20.9 Å². The molecule has 2 aromatic rings. The van der Waals surface area contributed by atoms with Crippen molar-refractivity contribution in [1.29, 1.82) is 0 Å². The number of halogens is 1. The molecule has 2 heterocycles. The van der Waals surface area contributed by atoms with E-state index in [-0.39, 0.29) is 0 Å². The highest BCUT2D eigenvalue weighted by molar-refractivity contribution is 9.10. The van der Waals surface area contributed by atoms with E-state index in [1.54, 1.807) is 16.8 Å². The molecule has 0 saturated carbocycles. The number of thiazole rings is 1. The fourth-order valence-electron chi connectivity index (χ4n) is 0.857. The highest BCUT2D eigenvalue weighted by atomic mass is 79.9. The van der Waals surface area contributed by atoms with Crippen molar-refractivity contribution in [3.05, 3.63) is 21.9 Å². The van der Waals surface area contributed by atoms with Gasteiger partial charge in [0.15, 0.2) is 4.96 Å². The molecular weight excluding hydrogens is 244 g/mol. The van der Waals surface area contributed by atoms with E-state index in [9.17, 15) is 4.79 Å². The Balaban J connectivity index is 2.70. The summed E-state index contributed by atoms with van der Waals surface area (Å²) < 4.78 is 2.45. The van der Waals surface area contributed by atoms with E-state index in [1.165, 1.54) is 0 Å². The van der Waals surface area contributed by atoms with Crippen LogP contribution < -0.4 is 0 Å². The van der Waals surface area contributed by atoms with Gasteiger partial charge in [-0.05, 0) is 15.9 Å². The lowest BCUT2D eigenvalue weighted by Gasteiger charge is -1.82. The number of aromatic carboxylic acids is 1. The molecule has 0 aliphatic heterocycles. The molecule has 0 amide bonds. The summed E-state index contributed by atoms with van der Waals surface area (Å²) in [6, 6.07) is 0. The van der Waals surface area contributed by atoms with Crippen molar-refractivity contribution in [3.8, 4) is 0 Å². The van der Waals surface area contributed by atoms with Gasteiger partial charge in [-0.3, -0.25) is 4.40 Å². The number of imidazole rings is 1. The Labute approximate surface area is 79.6 Å². The van der Waals surface area contributed by atoms with Gasteiger partial charge in [-0.1, -0.05) is 11.3 Å². The molecule has 2 aromatic heterocycles. The normalized spacial score (nSPS) is 10.8. The molecule has 4 nitrogen and oxygen atoms in total. The topological polar surface area (TPSA) is 54.6 Å². The van der Waals surface area contributed by atoms with Gasteiger partial charge in [-0.25, -0.2) is 9.78 Å². The number of hydrogen-bond donors (Lipinski definition) is 1. The van der Waals surface area contributed by atoms with Crippen LogP contribution in [0.25, 0.3) is 4.96 Å². The van der Waals surface area contributed by atoms with Gasteiger partial charge in [0, 0.05) is 6.20 Å². The van der Waals surface area contributed by atoms with Gasteiger partial charge in [0.25, 0.3) is 0 Å². The maximum Gasteiger partial charge on any atom is 0.347 e. The second kappa shape index (κ2) is 2.56. The van der Waals surface area contributed by atoms with Crippen LogP contribution in [0.5, 0.6) is 0 Å². The Morgan fingerprint density at radius 2 is 2.50 bits per heavy atom. The van der Waals surface area contributed by atoms with Crippen LogP contribution in [0.15, 0.2) is 17.0 Å². The lowest BCUT2D eigenvalue weighted by atomic mass is 10.6. The maximum atomic E-state index is 10.5. The first kappa shape index (κ1) is 7.75. The van der Waals surface area contributed by atoms with Crippen LogP contribution in [0.2, 0.25) is 0 Å². The van der Waals surface area contributed by atoms with Crippen molar-refractivity contribution in [2.24, 2.45) is 0 Å². The molecule has 0 aliphatic rings. The van der Waals surface area contributed by atoms with Crippen LogP contribution >= 0.6 is 27.3 Å². The van der Waals surface area contributed by atoms with Gasteiger partial charge in [-0.2, -0.15) is 0 Å². The predicted octanol–water partition coefficient (Wildman–Crippen LogP) is 1.86. The molecule has 0 fully saturated rings. The van der Waals surface area contributed by atoms with Gasteiger partial charge in [0.2, 0.25) is 0 Å². The number of hydrogen-bond acceptors (Lipinski definition) is 3. The zero-order valence-electron chi connectivity index (χ0n) is 5.69. The zero-order chi connectivity index (χ0) is 8.72.